The molecule has 1 aliphatic heterocycles. The van der Waals surface area contributed by atoms with Gasteiger partial charge in [0.05, 0.1) is 12.7 Å². The van der Waals surface area contributed by atoms with E-state index in [1.807, 2.05) is 0 Å². The molecular weight excluding hydrogens is 220 g/mol. The standard InChI is InChI=1S/C13H18O2S/c1-11-5-7-13(8-6-11)16-15-10-12-4-2-3-9-14-12/h5-8,12H,2-4,9-10H2,1H3/t12-/m0/s1. The molecule has 1 saturated heterocycles. The van der Waals surface area contributed by atoms with Crippen molar-refractivity contribution < 1.29 is 8.92 Å². The molecule has 0 N–H and O–H groups in total. The van der Waals surface area contributed by atoms with Crippen molar-refractivity contribution in [1.82, 2.24) is 0 Å². The van der Waals surface area contributed by atoms with E-state index in [-0.39, 0.29) is 0 Å². The van der Waals surface area contributed by atoms with Crippen LogP contribution >= 0.6 is 12.0 Å². The van der Waals surface area contributed by atoms with Gasteiger partial charge in [-0.1, -0.05) is 17.7 Å². The second-order valence-corrected chi connectivity index (χ2v) is 5.04. The fourth-order valence-electron chi connectivity index (χ4n) is 1.71. The van der Waals surface area contributed by atoms with Crippen LogP contribution in [0.4, 0.5) is 0 Å². The van der Waals surface area contributed by atoms with Crippen LogP contribution in [0.5, 0.6) is 0 Å². The van der Waals surface area contributed by atoms with Crippen LogP contribution in [0.2, 0.25) is 0 Å². The molecule has 0 bridgehead atoms. The SMILES string of the molecule is Cc1ccc(SOC[C@@H]2CCCCO2)cc1. The normalized spacial score (nSPS) is 20.9. The lowest BCUT2D eigenvalue weighted by Crippen LogP contribution is -2.23. The third-order valence-corrected chi connectivity index (χ3v) is 3.42. The molecule has 0 aliphatic carbocycles. The molecule has 0 amide bonds. The first-order valence-corrected chi connectivity index (χ1v) is 6.56. The predicted molar refractivity (Wildman–Crippen MR) is 66.6 cm³/mol. The summed E-state index contributed by atoms with van der Waals surface area (Å²) in [5.41, 5.74) is 1.28. The number of benzene rings is 1. The van der Waals surface area contributed by atoms with E-state index in [0.717, 1.165) is 17.9 Å². The average Bonchev–Trinajstić information content (AvgIpc) is 2.33. The smallest absolute Gasteiger partial charge is 0.0880 e. The Bertz CT molecular complexity index is 304. The first-order chi connectivity index (χ1) is 7.84. The van der Waals surface area contributed by atoms with Gasteiger partial charge in [-0.15, -0.1) is 0 Å². The van der Waals surface area contributed by atoms with Crippen LogP contribution in [0.25, 0.3) is 0 Å². The molecule has 1 aliphatic rings. The van der Waals surface area contributed by atoms with E-state index in [9.17, 15) is 0 Å². The van der Waals surface area contributed by atoms with E-state index < -0.39 is 0 Å². The van der Waals surface area contributed by atoms with Crippen LogP contribution in [0.3, 0.4) is 0 Å². The van der Waals surface area contributed by atoms with E-state index in [2.05, 4.69) is 31.2 Å². The minimum atomic E-state index is 0.298. The predicted octanol–water partition coefficient (Wildman–Crippen LogP) is 3.59. The van der Waals surface area contributed by atoms with Crippen molar-refractivity contribution in [2.45, 2.75) is 37.2 Å². The third kappa shape index (κ3) is 3.81. The highest BCUT2D eigenvalue weighted by molar-refractivity contribution is 7.94. The molecule has 0 unspecified atom stereocenters. The molecule has 1 fully saturated rings. The third-order valence-electron chi connectivity index (χ3n) is 2.70. The maximum atomic E-state index is 5.60. The van der Waals surface area contributed by atoms with Crippen molar-refractivity contribution in [3.8, 4) is 0 Å². The largest absolute Gasteiger partial charge is 0.376 e. The van der Waals surface area contributed by atoms with Crippen LogP contribution in [0, 0.1) is 6.92 Å². The fraction of sp³-hybridized carbons (Fsp3) is 0.538. The van der Waals surface area contributed by atoms with Gasteiger partial charge in [0.1, 0.15) is 0 Å². The lowest BCUT2D eigenvalue weighted by Gasteiger charge is -2.21. The summed E-state index contributed by atoms with van der Waals surface area (Å²) < 4.78 is 11.2. The van der Waals surface area contributed by atoms with E-state index in [0.29, 0.717) is 12.7 Å². The monoisotopic (exact) mass is 238 g/mol. The molecule has 1 aromatic carbocycles. The Morgan fingerprint density at radius 2 is 2.12 bits per heavy atom. The molecule has 0 saturated carbocycles. The summed E-state index contributed by atoms with van der Waals surface area (Å²) in [6, 6.07) is 8.37. The zero-order chi connectivity index (χ0) is 11.2. The molecule has 0 radical (unpaired) electrons. The summed E-state index contributed by atoms with van der Waals surface area (Å²) in [5.74, 6) is 0. The van der Waals surface area contributed by atoms with Gasteiger partial charge in [0.25, 0.3) is 0 Å². The highest BCUT2D eigenvalue weighted by atomic mass is 32.2. The lowest BCUT2D eigenvalue weighted by atomic mass is 10.1. The fourth-order valence-corrected chi connectivity index (χ4v) is 2.31. The molecule has 0 spiro atoms. The molecule has 88 valence electrons. The number of rotatable bonds is 4. The Labute approximate surface area is 102 Å². The Morgan fingerprint density at radius 3 is 2.81 bits per heavy atom. The van der Waals surface area contributed by atoms with Crippen LogP contribution in [0.15, 0.2) is 29.2 Å². The Morgan fingerprint density at radius 1 is 1.31 bits per heavy atom. The van der Waals surface area contributed by atoms with Gasteiger partial charge in [0.2, 0.25) is 0 Å². The van der Waals surface area contributed by atoms with Gasteiger partial charge in [0, 0.05) is 23.5 Å². The highest BCUT2D eigenvalue weighted by Gasteiger charge is 2.13. The Kier molecular flexibility index (Phi) is 4.69. The molecule has 3 heteroatoms. The van der Waals surface area contributed by atoms with E-state index in [4.69, 9.17) is 8.92 Å². The van der Waals surface area contributed by atoms with Crippen LogP contribution in [-0.4, -0.2) is 19.3 Å². The Hall–Kier alpha value is -0.510. The van der Waals surface area contributed by atoms with Crippen molar-refractivity contribution >= 4 is 12.0 Å². The Balaban J connectivity index is 1.69. The van der Waals surface area contributed by atoms with E-state index in [1.165, 1.54) is 30.4 Å². The van der Waals surface area contributed by atoms with Gasteiger partial charge in [-0.3, -0.25) is 0 Å². The lowest BCUT2D eigenvalue weighted by molar-refractivity contribution is -0.00704. The molecule has 1 heterocycles. The molecule has 2 rings (SSSR count). The van der Waals surface area contributed by atoms with Crippen molar-refractivity contribution in [2.24, 2.45) is 0 Å². The molecule has 1 aromatic rings. The summed E-state index contributed by atoms with van der Waals surface area (Å²) in [6.45, 7) is 3.67. The minimum absolute atomic E-state index is 0.298. The van der Waals surface area contributed by atoms with E-state index in [1.54, 1.807) is 0 Å². The number of aryl methyl sites for hydroxylation is 1. The van der Waals surface area contributed by atoms with Gasteiger partial charge in [-0.05, 0) is 38.3 Å². The minimum Gasteiger partial charge on any atom is -0.376 e. The molecule has 1 atom stereocenters. The van der Waals surface area contributed by atoms with Crippen LogP contribution in [-0.2, 0) is 8.92 Å². The van der Waals surface area contributed by atoms with Crippen molar-refractivity contribution in [1.29, 1.82) is 0 Å². The van der Waals surface area contributed by atoms with Crippen molar-refractivity contribution in [3.05, 3.63) is 29.8 Å². The second-order valence-electron chi connectivity index (χ2n) is 4.17. The van der Waals surface area contributed by atoms with Crippen LogP contribution in [0.1, 0.15) is 24.8 Å². The zero-order valence-electron chi connectivity index (χ0n) is 9.65. The van der Waals surface area contributed by atoms with Crippen LogP contribution < -0.4 is 0 Å². The molecule has 0 aromatic heterocycles. The summed E-state index contributed by atoms with van der Waals surface area (Å²) in [6.07, 6.45) is 3.89. The first-order valence-electron chi connectivity index (χ1n) is 5.82. The topological polar surface area (TPSA) is 18.5 Å². The summed E-state index contributed by atoms with van der Waals surface area (Å²) >= 11 is 1.44. The first kappa shape index (κ1) is 12.0. The van der Waals surface area contributed by atoms with E-state index >= 15 is 0 Å². The molecule has 2 nitrogen and oxygen atoms in total. The number of ether oxygens (including phenoxy) is 1. The highest BCUT2D eigenvalue weighted by Crippen LogP contribution is 2.21. The molecular formula is C13H18O2S. The average molecular weight is 238 g/mol. The molecule has 16 heavy (non-hydrogen) atoms. The van der Waals surface area contributed by atoms with Crippen molar-refractivity contribution in [2.75, 3.05) is 13.2 Å². The van der Waals surface area contributed by atoms with Gasteiger partial charge in [-0.25, -0.2) is 0 Å². The quantitative estimate of drug-likeness (QED) is 0.747. The maximum Gasteiger partial charge on any atom is 0.0880 e. The summed E-state index contributed by atoms with van der Waals surface area (Å²) in [4.78, 5) is 1.15. The zero-order valence-corrected chi connectivity index (χ0v) is 10.5. The van der Waals surface area contributed by atoms with Gasteiger partial charge >= 0.3 is 0 Å². The summed E-state index contributed by atoms with van der Waals surface area (Å²) in [5, 5.41) is 0. The van der Waals surface area contributed by atoms with Gasteiger partial charge in [-0.2, -0.15) is 0 Å². The number of hydrogen-bond acceptors (Lipinski definition) is 3. The maximum absolute atomic E-state index is 5.60. The number of hydrogen-bond donors (Lipinski definition) is 0. The van der Waals surface area contributed by atoms with Gasteiger partial charge in [0.15, 0.2) is 0 Å². The summed E-state index contributed by atoms with van der Waals surface area (Å²) in [7, 11) is 0. The second kappa shape index (κ2) is 6.28. The van der Waals surface area contributed by atoms with Crippen molar-refractivity contribution in [3.63, 3.8) is 0 Å². The van der Waals surface area contributed by atoms with Gasteiger partial charge < -0.3 is 8.92 Å².